The van der Waals surface area contributed by atoms with Gasteiger partial charge in [-0.3, -0.25) is 4.79 Å². The summed E-state index contributed by atoms with van der Waals surface area (Å²) in [6.45, 7) is 4.35. The van der Waals surface area contributed by atoms with Gasteiger partial charge in [-0.05, 0) is 74.5 Å². The Labute approximate surface area is 207 Å². The molecule has 5 aliphatic rings. The fourth-order valence-corrected chi connectivity index (χ4v) is 10.1. The Morgan fingerprint density at radius 3 is 2.66 bits per heavy atom. The van der Waals surface area contributed by atoms with Gasteiger partial charge in [0.15, 0.2) is 11.5 Å². The first-order valence-electron chi connectivity index (χ1n) is 12.8. The first-order valence-corrected chi connectivity index (χ1v) is 14.4. The predicted octanol–water partition coefficient (Wildman–Crippen LogP) is 3.88. The van der Waals surface area contributed by atoms with E-state index in [0.29, 0.717) is 23.1 Å². The minimum Gasteiger partial charge on any atom is -0.493 e. The Hall–Kier alpha value is -2.29. The maximum absolute atomic E-state index is 13.6. The summed E-state index contributed by atoms with van der Waals surface area (Å²) in [5.74, 6) is 1.33. The van der Waals surface area contributed by atoms with Crippen molar-refractivity contribution in [2.45, 2.75) is 83.5 Å². The van der Waals surface area contributed by atoms with Crippen LogP contribution in [-0.4, -0.2) is 55.5 Å². The van der Waals surface area contributed by atoms with Gasteiger partial charge in [0.25, 0.3) is 5.91 Å². The maximum atomic E-state index is 13.6. The Morgan fingerprint density at radius 2 is 1.94 bits per heavy atom. The number of carbonyl (C=O) groups excluding carboxylic acids is 1. The van der Waals surface area contributed by atoms with E-state index in [2.05, 4.69) is 19.0 Å². The summed E-state index contributed by atoms with van der Waals surface area (Å²) in [7, 11) is -2.08. The molecule has 35 heavy (non-hydrogen) atoms. The molecule has 3 saturated carbocycles. The molecule has 1 aromatic rings. The minimum absolute atomic E-state index is 0.0562. The molecule has 0 aromatic heterocycles. The molecule has 2 heterocycles. The first-order chi connectivity index (χ1) is 16.7. The fourth-order valence-electron chi connectivity index (χ4n) is 7.54. The molecule has 2 aliphatic heterocycles. The second-order valence-electron chi connectivity index (χ2n) is 11.5. The number of oxime groups is 1. The average molecular weight is 503 g/mol. The Balaban J connectivity index is 1.21. The lowest BCUT2D eigenvalue weighted by atomic mass is 9.69. The number of nitrogens with zero attached hydrogens (tertiary/aromatic N) is 2. The van der Waals surface area contributed by atoms with Crippen molar-refractivity contribution in [1.29, 1.82) is 0 Å². The van der Waals surface area contributed by atoms with E-state index in [1.54, 1.807) is 7.11 Å². The van der Waals surface area contributed by atoms with Crippen LogP contribution in [0.25, 0.3) is 0 Å². The highest BCUT2D eigenvalue weighted by Crippen LogP contribution is 2.70. The third-order valence-electron chi connectivity index (χ3n) is 9.67. The van der Waals surface area contributed by atoms with Crippen molar-refractivity contribution >= 4 is 21.6 Å². The van der Waals surface area contributed by atoms with Crippen molar-refractivity contribution in [2.24, 2.45) is 21.9 Å². The molecule has 1 spiro atoms. The molecule has 190 valence electrons. The van der Waals surface area contributed by atoms with Gasteiger partial charge in [-0.1, -0.05) is 19.0 Å². The number of methoxy groups -OCH3 is 1. The quantitative estimate of drug-likeness (QED) is 0.607. The lowest BCUT2D eigenvalue weighted by molar-refractivity contribution is -0.139. The van der Waals surface area contributed by atoms with Gasteiger partial charge in [-0.25, -0.2) is 12.7 Å². The first kappa shape index (κ1) is 23.1. The number of fused-ring (bicyclic) bond motifs is 1. The van der Waals surface area contributed by atoms with Gasteiger partial charge in [0.05, 0.1) is 30.7 Å². The van der Waals surface area contributed by atoms with Crippen molar-refractivity contribution in [3.63, 3.8) is 0 Å². The Bertz CT molecular complexity index is 1190. The summed E-state index contributed by atoms with van der Waals surface area (Å²) >= 11 is 0. The van der Waals surface area contributed by atoms with E-state index in [9.17, 15) is 13.2 Å². The van der Waals surface area contributed by atoms with Crippen LogP contribution in [0.1, 0.15) is 70.8 Å². The topological polar surface area (TPSA) is 94.5 Å². The monoisotopic (exact) mass is 502 g/mol. The Kier molecular flexibility index (Phi) is 5.19. The number of amides is 1. The van der Waals surface area contributed by atoms with E-state index in [0.717, 1.165) is 50.5 Å². The second kappa shape index (κ2) is 7.85. The predicted molar refractivity (Wildman–Crippen MR) is 130 cm³/mol. The molecule has 3 aliphatic carbocycles. The molecule has 1 saturated heterocycles. The van der Waals surface area contributed by atoms with Crippen molar-refractivity contribution in [2.75, 3.05) is 12.9 Å². The number of ether oxygens (including phenoxy) is 2. The number of carbonyl (C=O) groups is 1. The number of rotatable bonds is 5. The zero-order valence-electron chi connectivity index (χ0n) is 20.7. The SMILES string of the molecule is COc1ccc(C2=NO[C@@H](C(=O)N3[C@H]4C[C@H]5CC[C@]4(CS3(=O)=O)C5(C)C)C2)cc1OC1CCCC1. The smallest absolute Gasteiger partial charge is 0.280 e. The van der Waals surface area contributed by atoms with Gasteiger partial charge < -0.3 is 14.3 Å². The minimum atomic E-state index is -3.69. The van der Waals surface area contributed by atoms with Crippen LogP contribution in [0.15, 0.2) is 23.4 Å². The van der Waals surface area contributed by atoms with E-state index >= 15 is 0 Å². The van der Waals surface area contributed by atoms with Gasteiger partial charge in [-0.15, -0.1) is 0 Å². The molecule has 4 atom stereocenters. The van der Waals surface area contributed by atoms with Crippen molar-refractivity contribution < 1.29 is 27.5 Å². The molecule has 8 nitrogen and oxygen atoms in total. The summed E-state index contributed by atoms with van der Waals surface area (Å²) in [5.41, 5.74) is 0.964. The molecule has 2 bridgehead atoms. The highest BCUT2D eigenvalue weighted by atomic mass is 32.2. The molecule has 4 fully saturated rings. The van der Waals surface area contributed by atoms with E-state index < -0.39 is 22.0 Å². The van der Waals surface area contributed by atoms with Gasteiger partial charge in [0.1, 0.15) is 0 Å². The standard InChI is InChI=1S/C26H34N2O6S/c1-25(2)17-10-11-26(25)15-35(30,31)28(23(26)13-17)24(29)22-14-19(27-34-22)16-8-9-20(32-3)21(12-16)33-18-6-4-5-7-18/h8-9,12,17-18,22-23H,4-7,10-11,13-15H2,1-3H3/t17-,22-,23+,26-/m1/s1. The van der Waals surface area contributed by atoms with Crippen molar-refractivity contribution in [3.8, 4) is 11.5 Å². The van der Waals surface area contributed by atoms with Crippen LogP contribution in [0.2, 0.25) is 0 Å². The summed E-state index contributed by atoms with van der Waals surface area (Å²) in [5, 5.41) is 4.19. The summed E-state index contributed by atoms with van der Waals surface area (Å²) < 4.78 is 39.4. The Morgan fingerprint density at radius 1 is 1.17 bits per heavy atom. The van der Waals surface area contributed by atoms with Crippen LogP contribution in [0.5, 0.6) is 11.5 Å². The van der Waals surface area contributed by atoms with Crippen LogP contribution in [0.4, 0.5) is 0 Å². The molecule has 6 rings (SSSR count). The van der Waals surface area contributed by atoms with Gasteiger partial charge in [-0.2, -0.15) is 0 Å². The van der Waals surface area contributed by atoms with Crippen LogP contribution in [0, 0.1) is 16.7 Å². The summed E-state index contributed by atoms with van der Waals surface area (Å²) in [6, 6.07) is 5.32. The van der Waals surface area contributed by atoms with Crippen LogP contribution >= 0.6 is 0 Å². The number of hydrogen-bond acceptors (Lipinski definition) is 7. The second-order valence-corrected chi connectivity index (χ2v) is 13.3. The van der Waals surface area contributed by atoms with Gasteiger partial charge >= 0.3 is 0 Å². The van der Waals surface area contributed by atoms with Gasteiger partial charge in [0, 0.05) is 17.4 Å². The van der Waals surface area contributed by atoms with Crippen molar-refractivity contribution in [1.82, 2.24) is 4.31 Å². The number of sulfonamides is 1. The summed E-state index contributed by atoms with van der Waals surface area (Å²) in [4.78, 5) is 19.1. The fraction of sp³-hybridized carbons (Fsp3) is 0.692. The highest BCUT2D eigenvalue weighted by Gasteiger charge is 2.72. The van der Waals surface area contributed by atoms with E-state index in [4.69, 9.17) is 14.3 Å². The third kappa shape index (κ3) is 3.33. The normalized spacial score (nSPS) is 34.5. The highest BCUT2D eigenvalue weighted by molar-refractivity contribution is 7.90. The molecule has 0 radical (unpaired) electrons. The largest absolute Gasteiger partial charge is 0.493 e. The maximum Gasteiger partial charge on any atom is 0.280 e. The zero-order valence-corrected chi connectivity index (χ0v) is 21.5. The van der Waals surface area contributed by atoms with E-state index in [1.165, 1.54) is 4.31 Å². The molecule has 1 aromatic carbocycles. The van der Waals surface area contributed by atoms with Gasteiger partial charge in [0.2, 0.25) is 16.1 Å². The molecular weight excluding hydrogens is 468 g/mol. The summed E-state index contributed by atoms with van der Waals surface area (Å²) in [6.07, 6.45) is 6.50. The van der Waals surface area contributed by atoms with E-state index in [1.807, 2.05) is 18.2 Å². The van der Waals surface area contributed by atoms with Crippen LogP contribution in [0.3, 0.4) is 0 Å². The van der Waals surface area contributed by atoms with Crippen LogP contribution in [-0.2, 0) is 19.7 Å². The number of benzene rings is 1. The zero-order chi connectivity index (χ0) is 24.6. The lowest BCUT2D eigenvalue weighted by Crippen LogP contribution is -2.47. The van der Waals surface area contributed by atoms with E-state index in [-0.39, 0.29) is 35.1 Å². The molecule has 0 unspecified atom stereocenters. The third-order valence-corrected chi connectivity index (χ3v) is 11.6. The molecule has 1 amide bonds. The number of hydrogen-bond donors (Lipinski definition) is 0. The molecular formula is C26H34N2O6S. The molecule has 0 N–H and O–H groups in total. The average Bonchev–Trinajstić information content (AvgIpc) is 3.61. The molecule has 9 heteroatoms. The lowest BCUT2D eigenvalue weighted by Gasteiger charge is -2.37. The van der Waals surface area contributed by atoms with Crippen molar-refractivity contribution in [3.05, 3.63) is 23.8 Å². The van der Waals surface area contributed by atoms with Crippen LogP contribution < -0.4 is 9.47 Å².